The first-order valence-corrected chi connectivity index (χ1v) is 11.3. The molecule has 2 heterocycles. The van der Waals surface area contributed by atoms with Gasteiger partial charge in [-0.25, -0.2) is 0 Å². The van der Waals surface area contributed by atoms with Gasteiger partial charge < -0.3 is 14.7 Å². The zero-order chi connectivity index (χ0) is 21.7. The Morgan fingerprint density at radius 2 is 1.77 bits per heavy atom. The number of hydrogen-bond acceptors (Lipinski definition) is 6. The Morgan fingerprint density at radius 1 is 1.10 bits per heavy atom. The minimum atomic E-state index is -0.421. The van der Waals surface area contributed by atoms with Crippen molar-refractivity contribution < 1.29 is 14.6 Å². The number of carbonyl (C=O) groups is 1. The number of aryl methyl sites for hydroxylation is 1. The van der Waals surface area contributed by atoms with Crippen molar-refractivity contribution in [1.82, 2.24) is 9.80 Å². The number of ether oxygens (including phenoxy) is 1. The van der Waals surface area contributed by atoms with Crippen molar-refractivity contribution in [2.75, 3.05) is 57.3 Å². The maximum Gasteiger partial charge on any atom is 0.320 e. The fraction of sp³-hybridized carbons (Fsp3) is 0.708. The van der Waals surface area contributed by atoms with Gasteiger partial charge in [0.1, 0.15) is 5.60 Å². The van der Waals surface area contributed by atoms with E-state index in [2.05, 4.69) is 45.9 Å². The van der Waals surface area contributed by atoms with Gasteiger partial charge in [0.2, 0.25) is 0 Å². The van der Waals surface area contributed by atoms with E-state index in [-0.39, 0.29) is 18.6 Å². The number of benzene rings is 1. The number of aliphatic hydroxyl groups excluding tert-OH is 1. The standard InChI is InChI=1S/C24H39N3O3/c1-19-5-7-21(8-6-19)27-14-13-26(22(16-27)18-28)15-20-9-11-25(12-10-20)17-23(29)30-24(2,3)4/h5-8,20,22,28H,9-18H2,1-4H3. The minimum absolute atomic E-state index is 0.131. The average molecular weight is 418 g/mol. The highest BCUT2D eigenvalue weighted by Crippen LogP contribution is 2.24. The van der Waals surface area contributed by atoms with Crippen LogP contribution in [0.5, 0.6) is 0 Å². The third-order valence-corrected chi connectivity index (χ3v) is 6.19. The van der Waals surface area contributed by atoms with Crippen molar-refractivity contribution in [3.05, 3.63) is 29.8 Å². The van der Waals surface area contributed by atoms with Crippen LogP contribution >= 0.6 is 0 Å². The molecule has 6 nitrogen and oxygen atoms in total. The summed E-state index contributed by atoms with van der Waals surface area (Å²) < 4.78 is 5.45. The molecule has 3 rings (SSSR count). The van der Waals surface area contributed by atoms with E-state index in [0.717, 1.165) is 52.1 Å². The predicted octanol–water partition coefficient (Wildman–Crippen LogP) is 2.53. The van der Waals surface area contributed by atoms with Gasteiger partial charge in [-0.2, -0.15) is 0 Å². The molecule has 1 aromatic rings. The van der Waals surface area contributed by atoms with Gasteiger partial charge >= 0.3 is 5.97 Å². The summed E-state index contributed by atoms with van der Waals surface area (Å²) in [6.45, 7) is 14.2. The van der Waals surface area contributed by atoms with Crippen LogP contribution in [0.25, 0.3) is 0 Å². The molecule has 0 saturated carbocycles. The van der Waals surface area contributed by atoms with Crippen LogP contribution in [0, 0.1) is 12.8 Å². The van der Waals surface area contributed by atoms with E-state index in [4.69, 9.17) is 4.74 Å². The summed E-state index contributed by atoms with van der Waals surface area (Å²) >= 11 is 0. The lowest BCUT2D eigenvalue weighted by Gasteiger charge is -2.44. The van der Waals surface area contributed by atoms with Gasteiger partial charge in [0.25, 0.3) is 0 Å². The second-order valence-corrected chi connectivity index (χ2v) is 9.92. The Kier molecular flexibility index (Phi) is 7.77. The molecule has 2 aliphatic heterocycles. The number of esters is 1. The molecule has 0 aliphatic carbocycles. The third-order valence-electron chi connectivity index (χ3n) is 6.19. The highest BCUT2D eigenvalue weighted by molar-refractivity contribution is 5.72. The van der Waals surface area contributed by atoms with Crippen LogP contribution in [-0.2, 0) is 9.53 Å². The lowest BCUT2D eigenvalue weighted by Crippen LogP contribution is -2.56. The van der Waals surface area contributed by atoms with Crippen LogP contribution in [0.15, 0.2) is 24.3 Å². The molecule has 1 aromatic carbocycles. The van der Waals surface area contributed by atoms with E-state index in [1.165, 1.54) is 11.3 Å². The first-order valence-electron chi connectivity index (χ1n) is 11.3. The van der Waals surface area contributed by atoms with Gasteiger partial charge in [0, 0.05) is 31.9 Å². The molecule has 30 heavy (non-hydrogen) atoms. The van der Waals surface area contributed by atoms with Crippen LogP contribution in [-0.4, -0.2) is 84.9 Å². The van der Waals surface area contributed by atoms with Crippen molar-refractivity contribution in [2.24, 2.45) is 5.92 Å². The number of piperidine rings is 1. The summed E-state index contributed by atoms with van der Waals surface area (Å²) in [7, 11) is 0. The van der Waals surface area contributed by atoms with Gasteiger partial charge in [-0.1, -0.05) is 17.7 Å². The number of carbonyl (C=O) groups excluding carboxylic acids is 1. The van der Waals surface area contributed by atoms with Crippen LogP contribution in [0.1, 0.15) is 39.2 Å². The maximum atomic E-state index is 12.1. The van der Waals surface area contributed by atoms with Gasteiger partial charge in [0.15, 0.2) is 0 Å². The quantitative estimate of drug-likeness (QED) is 0.718. The minimum Gasteiger partial charge on any atom is -0.459 e. The molecule has 2 aliphatic rings. The molecule has 2 fully saturated rings. The highest BCUT2D eigenvalue weighted by Gasteiger charge is 2.30. The SMILES string of the molecule is Cc1ccc(N2CCN(CC3CCN(CC(=O)OC(C)(C)C)CC3)C(CO)C2)cc1. The number of nitrogens with zero attached hydrogens (tertiary/aromatic N) is 3. The molecule has 6 heteroatoms. The molecule has 1 N–H and O–H groups in total. The van der Waals surface area contributed by atoms with Gasteiger partial charge in [-0.05, 0) is 71.7 Å². The first-order chi connectivity index (χ1) is 14.2. The summed E-state index contributed by atoms with van der Waals surface area (Å²) in [6, 6.07) is 8.85. The molecule has 1 atom stereocenters. The van der Waals surface area contributed by atoms with Gasteiger partial charge in [-0.15, -0.1) is 0 Å². The number of aliphatic hydroxyl groups is 1. The Morgan fingerprint density at radius 3 is 2.37 bits per heavy atom. The lowest BCUT2D eigenvalue weighted by molar-refractivity contribution is -0.156. The molecule has 0 radical (unpaired) electrons. The molecule has 0 aromatic heterocycles. The molecule has 0 amide bonds. The van der Waals surface area contributed by atoms with Crippen LogP contribution in [0.3, 0.4) is 0 Å². The number of piperazine rings is 1. The molecule has 2 saturated heterocycles. The van der Waals surface area contributed by atoms with E-state index >= 15 is 0 Å². The van der Waals surface area contributed by atoms with E-state index in [0.29, 0.717) is 12.5 Å². The third kappa shape index (κ3) is 6.69. The largest absolute Gasteiger partial charge is 0.459 e. The number of anilines is 1. The average Bonchev–Trinajstić information content (AvgIpc) is 2.69. The fourth-order valence-corrected chi connectivity index (χ4v) is 4.51. The normalized spacial score (nSPS) is 22.3. The zero-order valence-corrected chi connectivity index (χ0v) is 19.1. The van der Waals surface area contributed by atoms with Gasteiger partial charge in [0.05, 0.1) is 19.2 Å². The zero-order valence-electron chi connectivity index (χ0n) is 19.1. The number of likely N-dealkylation sites (tertiary alicyclic amines) is 1. The van der Waals surface area contributed by atoms with E-state index < -0.39 is 5.60 Å². The van der Waals surface area contributed by atoms with Crippen molar-refractivity contribution in [3.63, 3.8) is 0 Å². The van der Waals surface area contributed by atoms with E-state index in [1.807, 2.05) is 20.8 Å². The Bertz CT molecular complexity index is 678. The number of rotatable bonds is 6. The van der Waals surface area contributed by atoms with Crippen molar-refractivity contribution >= 4 is 11.7 Å². The topological polar surface area (TPSA) is 56.2 Å². The fourth-order valence-electron chi connectivity index (χ4n) is 4.51. The second-order valence-electron chi connectivity index (χ2n) is 9.92. The van der Waals surface area contributed by atoms with E-state index in [9.17, 15) is 9.90 Å². The first kappa shape index (κ1) is 23.0. The summed E-state index contributed by atoms with van der Waals surface area (Å²) in [6.07, 6.45) is 2.19. The summed E-state index contributed by atoms with van der Waals surface area (Å²) in [4.78, 5) is 19.1. The summed E-state index contributed by atoms with van der Waals surface area (Å²) in [5.41, 5.74) is 2.10. The highest BCUT2D eigenvalue weighted by atomic mass is 16.6. The summed E-state index contributed by atoms with van der Waals surface area (Å²) in [5, 5.41) is 10.0. The van der Waals surface area contributed by atoms with Crippen molar-refractivity contribution in [3.8, 4) is 0 Å². The predicted molar refractivity (Wildman–Crippen MR) is 121 cm³/mol. The second kappa shape index (κ2) is 10.1. The van der Waals surface area contributed by atoms with E-state index in [1.54, 1.807) is 0 Å². The smallest absolute Gasteiger partial charge is 0.320 e. The lowest BCUT2D eigenvalue weighted by atomic mass is 9.95. The van der Waals surface area contributed by atoms with Crippen molar-refractivity contribution in [1.29, 1.82) is 0 Å². The Labute approximate surface area is 181 Å². The van der Waals surface area contributed by atoms with Gasteiger partial charge in [-0.3, -0.25) is 14.6 Å². The molecule has 0 bridgehead atoms. The maximum absolute atomic E-state index is 12.1. The summed E-state index contributed by atoms with van der Waals surface area (Å²) in [5.74, 6) is 0.494. The number of hydrogen-bond donors (Lipinski definition) is 1. The van der Waals surface area contributed by atoms with Crippen LogP contribution in [0.2, 0.25) is 0 Å². The molecule has 168 valence electrons. The monoisotopic (exact) mass is 417 g/mol. The van der Waals surface area contributed by atoms with Crippen LogP contribution in [0.4, 0.5) is 5.69 Å². The molecule has 0 spiro atoms. The van der Waals surface area contributed by atoms with Crippen molar-refractivity contribution in [2.45, 2.75) is 52.2 Å². The Hall–Kier alpha value is -1.63. The molecule has 1 unspecified atom stereocenters. The molecular formula is C24H39N3O3. The van der Waals surface area contributed by atoms with Crippen LogP contribution < -0.4 is 4.90 Å². The molecular weight excluding hydrogens is 378 g/mol. The Balaban J connectivity index is 1.44.